The molecule has 0 unspecified atom stereocenters. The van der Waals surface area contributed by atoms with Crippen molar-refractivity contribution in [3.05, 3.63) is 53.8 Å². The molecule has 2 rings (SSSR count). The number of hydrogen-bond donors (Lipinski definition) is 0. The number of carbonyl (C=O) groups is 1. The fraction of sp³-hybridized carbons (Fsp3) is 0.188. The highest BCUT2D eigenvalue weighted by molar-refractivity contribution is 5.91. The molecular weight excluding hydrogens is 259 g/mol. The molecule has 0 aliphatic heterocycles. The van der Waals surface area contributed by atoms with Gasteiger partial charge in [0, 0.05) is 5.56 Å². The van der Waals surface area contributed by atoms with Crippen LogP contribution in [0.3, 0.4) is 0 Å². The van der Waals surface area contributed by atoms with Gasteiger partial charge in [0.25, 0.3) is 0 Å². The van der Waals surface area contributed by atoms with Gasteiger partial charge in [-0.25, -0.2) is 9.18 Å². The van der Waals surface area contributed by atoms with E-state index in [4.69, 9.17) is 4.74 Å². The van der Waals surface area contributed by atoms with E-state index >= 15 is 0 Å². The number of carbonyl (C=O) groups excluding carboxylic acids is 1. The van der Waals surface area contributed by atoms with E-state index in [0.717, 1.165) is 11.6 Å². The molecule has 0 N–H and O–H groups in total. The Bertz CT molecular complexity index is 623. The zero-order chi connectivity index (χ0) is 14.5. The van der Waals surface area contributed by atoms with Gasteiger partial charge in [-0.2, -0.15) is 0 Å². The third kappa shape index (κ3) is 2.96. The van der Waals surface area contributed by atoms with E-state index < -0.39 is 11.8 Å². The van der Waals surface area contributed by atoms with Gasteiger partial charge in [0.05, 0.1) is 19.3 Å². The number of para-hydroxylation sites is 1. The quantitative estimate of drug-likeness (QED) is 0.798. The van der Waals surface area contributed by atoms with E-state index in [0.29, 0.717) is 17.9 Å². The van der Waals surface area contributed by atoms with Crippen LogP contribution in [0.1, 0.15) is 17.3 Å². The molecule has 0 heterocycles. The van der Waals surface area contributed by atoms with Gasteiger partial charge in [0.15, 0.2) is 0 Å². The van der Waals surface area contributed by atoms with Gasteiger partial charge in [0.2, 0.25) is 0 Å². The van der Waals surface area contributed by atoms with Crippen LogP contribution in [0, 0.1) is 5.82 Å². The summed E-state index contributed by atoms with van der Waals surface area (Å²) in [7, 11) is 1.26. The Hall–Kier alpha value is -2.36. The fourth-order valence-electron chi connectivity index (χ4n) is 1.97. The molecule has 0 saturated heterocycles. The lowest BCUT2D eigenvalue weighted by Crippen LogP contribution is -2.02. The smallest absolute Gasteiger partial charge is 0.337 e. The molecule has 0 atom stereocenters. The fourth-order valence-corrected chi connectivity index (χ4v) is 1.97. The maximum atomic E-state index is 13.7. The topological polar surface area (TPSA) is 35.5 Å². The van der Waals surface area contributed by atoms with Crippen molar-refractivity contribution in [2.45, 2.75) is 6.92 Å². The van der Waals surface area contributed by atoms with Crippen LogP contribution in [-0.4, -0.2) is 19.7 Å². The van der Waals surface area contributed by atoms with Crippen molar-refractivity contribution in [3.63, 3.8) is 0 Å². The van der Waals surface area contributed by atoms with E-state index in [9.17, 15) is 9.18 Å². The van der Waals surface area contributed by atoms with Gasteiger partial charge in [-0.15, -0.1) is 0 Å². The minimum absolute atomic E-state index is 0.175. The van der Waals surface area contributed by atoms with Crippen molar-refractivity contribution in [2.24, 2.45) is 0 Å². The molecule has 0 radical (unpaired) electrons. The first-order valence-corrected chi connectivity index (χ1v) is 6.26. The summed E-state index contributed by atoms with van der Waals surface area (Å²) in [5, 5.41) is 0. The Labute approximate surface area is 117 Å². The SMILES string of the molecule is CCOc1ccccc1-c1cc(F)cc(C(=O)OC)c1. The molecule has 0 fully saturated rings. The molecule has 2 aromatic carbocycles. The van der Waals surface area contributed by atoms with Crippen LogP contribution >= 0.6 is 0 Å². The second-order valence-corrected chi connectivity index (χ2v) is 4.15. The summed E-state index contributed by atoms with van der Waals surface area (Å²) >= 11 is 0. The van der Waals surface area contributed by atoms with Gasteiger partial charge < -0.3 is 9.47 Å². The number of ether oxygens (including phenoxy) is 2. The van der Waals surface area contributed by atoms with Gasteiger partial charge >= 0.3 is 5.97 Å². The molecule has 4 heteroatoms. The summed E-state index contributed by atoms with van der Waals surface area (Å²) in [6.45, 7) is 2.39. The predicted octanol–water partition coefficient (Wildman–Crippen LogP) is 3.68. The number of methoxy groups -OCH3 is 1. The molecule has 3 nitrogen and oxygen atoms in total. The molecule has 0 aromatic heterocycles. The van der Waals surface area contributed by atoms with E-state index in [1.54, 1.807) is 6.07 Å². The number of rotatable bonds is 4. The lowest BCUT2D eigenvalue weighted by Gasteiger charge is -2.11. The van der Waals surface area contributed by atoms with Gasteiger partial charge in [-0.05, 0) is 36.8 Å². The largest absolute Gasteiger partial charge is 0.493 e. The van der Waals surface area contributed by atoms with Crippen molar-refractivity contribution < 1.29 is 18.7 Å². The lowest BCUT2D eigenvalue weighted by atomic mass is 10.0. The second kappa shape index (κ2) is 6.19. The normalized spacial score (nSPS) is 10.2. The molecule has 0 bridgehead atoms. The third-order valence-corrected chi connectivity index (χ3v) is 2.82. The van der Waals surface area contributed by atoms with Crippen LogP contribution < -0.4 is 4.74 Å². The second-order valence-electron chi connectivity index (χ2n) is 4.15. The first-order valence-electron chi connectivity index (χ1n) is 6.26. The van der Waals surface area contributed by atoms with Crippen molar-refractivity contribution in [3.8, 4) is 16.9 Å². The summed E-state index contributed by atoms with van der Waals surface area (Å²) in [6, 6.07) is 11.4. The minimum atomic E-state index is -0.570. The van der Waals surface area contributed by atoms with Crippen LogP contribution in [0.2, 0.25) is 0 Å². The monoisotopic (exact) mass is 274 g/mol. The van der Waals surface area contributed by atoms with Crippen molar-refractivity contribution in [1.82, 2.24) is 0 Å². The Balaban J connectivity index is 2.52. The van der Waals surface area contributed by atoms with E-state index in [-0.39, 0.29) is 5.56 Å². The van der Waals surface area contributed by atoms with Crippen LogP contribution in [0.25, 0.3) is 11.1 Å². The number of benzene rings is 2. The predicted molar refractivity (Wildman–Crippen MR) is 74.3 cm³/mol. The zero-order valence-corrected chi connectivity index (χ0v) is 11.4. The maximum Gasteiger partial charge on any atom is 0.337 e. The number of hydrogen-bond acceptors (Lipinski definition) is 3. The lowest BCUT2D eigenvalue weighted by molar-refractivity contribution is 0.0600. The van der Waals surface area contributed by atoms with Crippen LogP contribution in [0.15, 0.2) is 42.5 Å². The first kappa shape index (κ1) is 14.1. The van der Waals surface area contributed by atoms with Gasteiger partial charge in [-0.1, -0.05) is 18.2 Å². The van der Waals surface area contributed by atoms with Crippen LogP contribution in [0.5, 0.6) is 5.75 Å². The van der Waals surface area contributed by atoms with Gasteiger partial charge in [0.1, 0.15) is 11.6 Å². The van der Waals surface area contributed by atoms with Crippen molar-refractivity contribution in [2.75, 3.05) is 13.7 Å². The molecule has 20 heavy (non-hydrogen) atoms. The van der Waals surface area contributed by atoms with Crippen molar-refractivity contribution >= 4 is 5.97 Å². The zero-order valence-electron chi connectivity index (χ0n) is 11.4. The summed E-state index contributed by atoms with van der Waals surface area (Å²) in [6.07, 6.45) is 0. The Kier molecular flexibility index (Phi) is 4.35. The van der Waals surface area contributed by atoms with Crippen LogP contribution in [0.4, 0.5) is 4.39 Å². The summed E-state index contributed by atoms with van der Waals surface area (Å²) in [4.78, 5) is 11.5. The molecule has 0 aliphatic rings. The maximum absolute atomic E-state index is 13.7. The Morgan fingerprint density at radius 1 is 1.20 bits per heavy atom. The highest BCUT2D eigenvalue weighted by atomic mass is 19.1. The van der Waals surface area contributed by atoms with Crippen LogP contribution in [-0.2, 0) is 4.74 Å². The molecule has 0 saturated carbocycles. The standard InChI is InChI=1S/C16H15FO3/c1-3-20-15-7-5-4-6-14(15)11-8-12(16(18)19-2)10-13(17)9-11/h4-10H,3H2,1-2H3. The molecule has 0 aliphatic carbocycles. The first-order chi connectivity index (χ1) is 9.65. The van der Waals surface area contributed by atoms with E-state index in [2.05, 4.69) is 4.74 Å². The average molecular weight is 274 g/mol. The number of esters is 1. The van der Waals surface area contributed by atoms with E-state index in [1.807, 2.05) is 31.2 Å². The Morgan fingerprint density at radius 3 is 2.65 bits per heavy atom. The molecule has 0 amide bonds. The summed E-state index contributed by atoms with van der Waals surface area (Å²) in [5.41, 5.74) is 1.49. The third-order valence-electron chi connectivity index (χ3n) is 2.82. The molecule has 104 valence electrons. The Morgan fingerprint density at radius 2 is 1.95 bits per heavy atom. The average Bonchev–Trinajstić information content (AvgIpc) is 2.46. The summed E-state index contributed by atoms with van der Waals surface area (Å²) in [5.74, 6) is -0.412. The van der Waals surface area contributed by atoms with Gasteiger partial charge in [-0.3, -0.25) is 0 Å². The molecular formula is C16H15FO3. The molecule has 0 spiro atoms. The highest BCUT2D eigenvalue weighted by Crippen LogP contribution is 2.31. The molecule has 2 aromatic rings. The summed E-state index contributed by atoms with van der Waals surface area (Å²) < 4.78 is 23.8. The van der Waals surface area contributed by atoms with Crippen molar-refractivity contribution in [1.29, 1.82) is 0 Å². The van der Waals surface area contributed by atoms with E-state index in [1.165, 1.54) is 13.2 Å². The number of halogens is 1. The highest BCUT2D eigenvalue weighted by Gasteiger charge is 2.12. The minimum Gasteiger partial charge on any atom is -0.493 e.